The van der Waals surface area contributed by atoms with Gasteiger partial charge in [-0.2, -0.15) is 0 Å². The molecule has 0 bridgehead atoms. The van der Waals surface area contributed by atoms with Crippen molar-refractivity contribution in [1.82, 2.24) is 0 Å². The number of halogens is 1. The Morgan fingerprint density at radius 1 is 1.12 bits per heavy atom. The number of hydrogen-bond acceptors (Lipinski definition) is 3. The highest BCUT2D eigenvalue weighted by Crippen LogP contribution is 2.30. The van der Waals surface area contributed by atoms with Crippen LogP contribution in [0.15, 0.2) is 12.1 Å². The maximum Gasteiger partial charge on any atom is 0.163 e. The maximum atomic E-state index is 13.6. The van der Waals surface area contributed by atoms with Crippen LogP contribution in [-0.2, 0) is 6.42 Å². The smallest absolute Gasteiger partial charge is 0.163 e. The van der Waals surface area contributed by atoms with E-state index in [0.29, 0.717) is 30.0 Å². The predicted octanol–water partition coefficient (Wildman–Crippen LogP) is 2.12. The Hall–Kier alpha value is -1.29. The van der Waals surface area contributed by atoms with Crippen molar-refractivity contribution in [2.24, 2.45) is 5.73 Å². The van der Waals surface area contributed by atoms with E-state index in [2.05, 4.69) is 0 Å². The third-order valence-electron chi connectivity index (χ3n) is 2.45. The van der Waals surface area contributed by atoms with E-state index in [1.165, 1.54) is 13.2 Å². The van der Waals surface area contributed by atoms with Crippen LogP contribution in [0.25, 0.3) is 0 Å². The third kappa shape index (κ3) is 3.10. The van der Waals surface area contributed by atoms with Crippen LogP contribution < -0.4 is 15.2 Å². The number of unbranched alkanes of at least 4 members (excludes halogenated alkanes) is 1. The van der Waals surface area contributed by atoms with Gasteiger partial charge in [-0.25, -0.2) is 4.39 Å². The first-order chi connectivity index (χ1) is 7.72. The Labute approximate surface area is 95.4 Å². The SMILES string of the molecule is COc1cc(F)c(CCCCN)cc1OC. The summed E-state index contributed by atoms with van der Waals surface area (Å²) >= 11 is 0. The van der Waals surface area contributed by atoms with Crippen molar-refractivity contribution < 1.29 is 13.9 Å². The molecule has 0 unspecified atom stereocenters. The molecule has 0 radical (unpaired) electrons. The first-order valence-electron chi connectivity index (χ1n) is 5.33. The molecule has 0 heterocycles. The summed E-state index contributed by atoms with van der Waals surface area (Å²) in [5.41, 5.74) is 6.04. The number of nitrogens with two attached hydrogens (primary N) is 1. The Morgan fingerprint density at radius 2 is 1.75 bits per heavy atom. The van der Waals surface area contributed by atoms with Crippen molar-refractivity contribution >= 4 is 0 Å². The summed E-state index contributed by atoms with van der Waals surface area (Å²) in [6, 6.07) is 3.04. The topological polar surface area (TPSA) is 44.5 Å². The largest absolute Gasteiger partial charge is 0.493 e. The zero-order valence-corrected chi connectivity index (χ0v) is 9.75. The number of ether oxygens (including phenoxy) is 2. The van der Waals surface area contributed by atoms with Gasteiger partial charge in [0.1, 0.15) is 5.82 Å². The van der Waals surface area contributed by atoms with E-state index in [4.69, 9.17) is 15.2 Å². The molecular weight excluding hydrogens is 209 g/mol. The van der Waals surface area contributed by atoms with Crippen molar-refractivity contribution in [1.29, 1.82) is 0 Å². The molecule has 1 aromatic carbocycles. The molecular formula is C12H18FNO2. The molecule has 0 fully saturated rings. The van der Waals surface area contributed by atoms with Gasteiger partial charge in [0.25, 0.3) is 0 Å². The van der Waals surface area contributed by atoms with Gasteiger partial charge in [-0.05, 0) is 37.4 Å². The monoisotopic (exact) mass is 227 g/mol. The minimum atomic E-state index is -0.255. The van der Waals surface area contributed by atoms with E-state index in [1.807, 2.05) is 0 Å². The molecule has 4 heteroatoms. The Bertz CT molecular complexity index is 342. The molecule has 2 N–H and O–H groups in total. The van der Waals surface area contributed by atoms with E-state index >= 15 is 0 Å². The lowest BCUT2D eigenvalue weighted by Crippen LogP contribution is -2.01. The Kier molecular flexibility index (Phi) is 5.05. The van der Waals surface area contributed by atoms with Gasteiger partial charge < -0.3 is 15.2 Å². The molecule has 0 amide bonds. The van der Waals surface area contributed by atoms with Gasteiger partial charge in [-0.15, -0.1) is 0 Å². The fourth-order valence-electron chi connectivity index (χ4n) is 1.55. The average molecular weight is 227 g/mol. The Morgan fingerprint density at radius 3 is 2.31 bits per heavy atom. The van der Waals surface area contributed by atoms with Crippen molar-refractivity contribution in [3.05, 3.63) is 23.5 Å². The lowest BCUT2D eigenvalue weighted by Gasteiger charge is -2.10. The lowest BCUT2D eigenvalue weighted by molar-refractivity contribution is 0.351. The zero-order valence-electron chi connectivity index (χ0n) is 9.75. The number of aryl methyl sites for hydroxylation is 1. The molecule has 0 saturated carbocycles. The number of benzene rings is 1. The Balaban J connectivity index is 2.84. The van der Waals surface area contributed by atoms with Gasteiger partial charge in [0, 0.05) is 6.07 Å². The minimum absolute atomic E-state index is 0.255. The van der Waals surface area contributed by atoms with Gasteiger partial charge in [0.2, 0.25) is 0 Å². The summed E-state index contributed by atoms with van der Waals surface area (Å²) in [5, 5.41) is 0. The van der Waals surface area contributed by atoms with E-state index in [-0.39, 0.29) is 5.82 Å². The van der Waals surface area contributed by atoms with Gasteiger partial charge in [0.15, 0.2) is 11.5 Å². The highest BCUT2D eigenvalue weighted by Gasteiger charge is 2.10. The van der Waals surface area contributed by atoms with E-state index < -0.39 is 0 Å². The van der Waals surface area contributed by atoms with Gasteiger partial charge in [-0.3, -0.25) is 0 Å². The van der Waals surface area contributed by atoms with Crippen molar-refractivity contribution in [3.8, 4) is 11.5 Å². The van der Waals surface area contributed by atoms with Crippen LogP contribution in [0.1, 0.15) is 18.4 Å². The molecule has 0 aliphatic rings. The molecule has 16 heavy (non-hydrogen) atoms. The molecule has 0 saturated heterocycles. The molecule has 3 nitrogen and oxygen atoms in total. The average Bonchev–Trinajstić information content (AvgIpc) is 2.31. The fraction of sp³-hybridized carbons (Fsp3) is 0.500. The number of hydrogen-bond donors (Lipinski definition) is 1. The van der Waals surface area contributed by atoms with E-state index in [1.54, 1.807) is 13.2 Å². The van der Waals surface area contributed by atoms with Crippen molar-refractivity contribution in [2.75, 3.05) is 20.8 Å². The second-order valence-electron chi connectivity index (χ2n) is 3.54. The fourth-order valence-corrected chi connectivity index (χ4v) is 1.55. The highest BCUT2D eigenvalue weighted by atomic mass is 19.1. The second-order valence-corrected chi connectivity index (χ2v) is 3.54. The van der Waals surface area contributed by atoms with Crippen molar-refractivity contribution in [2.45, 2.75) is 19.3 Å². The lowest BCUT2D eigenvalue weighted by atomic mass is 10.1. The summed E-state index contributed by atoms with van der Waals surface area (Å²) in [6.45, 7) is 0.634. The van der Waals surface area contributed by atoms with Crippen LogP contribution in [0, 0.1) is 5.82 Å². The molecule has 0 aliphatic carbocycles. The normalized spacial score (nSPS) is 10.2. The molecule has 0 spiro atoms. The highest BCUT2D eigenvalue weighted by molar-refractivity contribution is 5.43. The number of rotatable bonds is 6. The van der Waals surface area contributed by atoms with Gasteiger partial charge in [-0.1, -0.05) is 0 Å². The first kappa shape index (κ1) is 12.8. The molecule has 1 rings (SSSR count). The third-order valence-corrected chi connectivity index (χ3v) is 2.45. The van der Waals surface area contributed by atoms with E-state index in [0.717, 1.165) is 12.8 Å². The second kappa shape index (κ2) is 6.33. The number of methoxy groups -OCH3 is 2. The molecule has 0 atom stereocenters. The maximum absolute atomic E-state index is 13.6. The van der Waals surface area contributed by atoms with Crippen molar-refractivity contribution in [3.63, 3.8) is 0 Å². The quantitative estimate of drug-likeness (QED) is 0.757. The van der Waals surface area contributed by atoms with Crippen LogP contribution in [0.4, 0.5) is 4.39 Å². The molecule has 90 valence electrons. The summed E-state index contributed by atoms with van der Waals surface area (Å²) in [6.07, 6.45) is 2.44. The standard InChI is InChI=1S/C12H18FNO2/c1-15-11-7-9(5-3-4-6-14)10(13)8-12(11)16-2/h7-8H,3-6,14H2,1-2H3. The van der Waals surface area contributed by atoms with Crippen LogP contribution in [0.3, 0.4) is 0 Å². The predicted molar refractivity (Wildman–Crippen MR) is 61.5 cm³/mol. The minimum Gasteiger partial charge on any atom is -0.493 e. The van der Waals surface area contributed by atoms with Crippen LogP contribution in [0.2, 0.25) is 0 Å². The summed E-state index contributed by atoms with van der Waals surface area (Å²) in [4.78, 5) is 0. The van der Waals surface area contributed by atoms with Crippen LogP contribution in [0.5, 0.6) is 11.5 Å². The van der Waals surface area contributed by atoms with E-state index in [9.17, 15) is 4.39 Å². The molecule has 1 aromatic rings. The van der Waals surface area contributed by atoms with Crippen LogP contribution in [-0.4, -0.2) is 20.8 Å². The zero-order chi connectivity index (χ0) is 12.0. The summed E-state index contributed by atoms with van der Waals surface area (Å²) in [5.74, 6) is 0.726. The van der Waals surface area contributed by atoms with Crippen LogP contribution >= 0.6 is 0 Å². The van der Waals surface area contributed by atoms with Gasteiger partial charge in [0.05, 0.1) is 14.2 Å². The summed E-state index contributed by atoms with van der Waals surface area (Å²) < 4.78 is 23.7. The summed E-state index contributed by atoms with van der Waals surface area (Å²) in [7, 11) is 3.03. The first-order valence-corrected chi connectivity index (χ1v) is 5.33. The molecule has 0 aromatic heterocycles. The molecule has 0 aliphatic heterocycles. The van der Waals surface area contributed by atoms with Gasteiger partial charge >= 0.3 is 0 Å².